The summed E-state index contributed by atoms with van der Waals surface area (Å²) in [6, 6.07) is 80.9. The first kappa shape index (κ1) is 97.3. The number of hydrogen-bond donors (Lipinski definition) is 0. The van der Waals surface area contributed by atoms with Gasteiger partial charge in [0.05, 0.1) is 105 Å². The number of halogens is 14. The molecule has 0 N–H and O–H groups in total. The van der Waals surface area contributed by atoms with Crippen LogP contribution in [0.2, 0.25) is 40.2 Å². The molecule has 14 nitrogen and oxygen atoms in total. The lowest BCUT2D eigenvalue weighted by Gasteiger charge is -2.45. The second kappa shape index (κ2) is 43.5. The van der Waals surface area contributed by atoms with Gasteiger partial charge in [0.2, 0.25) is 23.6 Å². The molecule has 12 aromatic carbocycles. The second-order valence-corrected chi connectivity index (χ2v) is 36.6. The minimum Gasteiger partial charge on any atom is -0.496 e. The number of carbonyl (C=O) groups is 4. The molecule has 0 spiro atoms. The van der Waals surface area contributed by atoms with Crippen LogP contribution < -0.4 is 29.1 Å². The Labute approximate surface area is 805 Å². The van der Waals surface area contributed by atoms with Gasteiger partial charge in [-0.2, -0.15) is 13.2 Å². The number of rotatable bonds is 17. The molecular formula is C104H96Cl8F6N8O6. The SMILES string of the molecule is COc1ccccc1CC(=O)N1CCN(c2ccc(C)cc2Cl)C(c2ccc(Cl)cc2)C1.Cc1ccc(N2CCN(C(=O)C3Cc4ccccc43)CC2c2ccc(Cl)cc2)c(Cl)c1.Cc1ccc(N2CCN(C(=O)Cc3ccccc3C(F)(F)F)CC2c2ccc(Cl)cc2)c(Cl)c1.Cc1ccc(N2CCN(C(=O)Cc3ccccc3OC(F)(F)F)CC2c2ccc(Cl)cc2)c(Cl)c1. The lowest BCUT2D eigenvalue weighted by molar-refractivity contribution is -0.275. The third-order valence-electron chi connectivity index (χ3n) is 24.5. The number of para-hydroxylation sites is 2. The maximum absolute atomic E-state index is 13.4. The molecule has 0 aromatic heterocycles. The topological polar surface area (TPSA) is 113 Å². The van der Waals surface area contributed by atoms with Gasteiger partial charge in [0, 0.05) is 110 Å². The molecule has 0 radical (unpaired) electrons. The lowest BCUT2D eigenvalue weighted by atomic mass is 9.76. The summed E-state index contributed by atoms with van der Waals surface area (Å²) in [7, 11) is 1.63. The molecule has 132 heavy (non-hydrogen) atoms. The Morgan fingerprint density at radius 3 is 0.970 bits per heavy atom. The quantitative estimate of drug-likeness (QED) is 0.0817. The Bertz CT molecular complexity index is 6080. The summed E-state index contributed by atoms with van der Waals surface area (Å²) in [4.78, 5) is 69.1. The van der Waals surface area contributed by atoms with E-state index in [4.69, 9.17) is 97.5 Å². The predicted octanol–water partition coefficient (Wildman–Crippen LogP) is 25.8. The van der Waals surface area contributed by atoms with E-state index in [1.54, 1.807) is 47.2 Å². The van der Waals surface area contributed by atoms with Gasteiger partial charge in [-0.05, 0) is 211 Å². The maximum Gasteiger partial charge on any atom is 0.573 e. The summed E-state index contributed by atoms with van der Waals surface area (Å²) < 4.78 is 88.2. The number of benzene rings is 12. The van der Waals surface area contributed by atoms with Gasteiger partial charge in [0.1, 0.15) is 11.5 Å². The number of aryl methyl sites for hydroxylation is 4. The molecule has 17 rings (SSSR count). The van der Waals surface area contributed by atoms with Crippen molar-refractivity contribution >= 4 is 139 Å². The molecule has 4 saturated heterocycles. The van der Waals surface area contributed by atoms with Crippen LogP contribution in [0.3, 0.4) is 0 Å². The number of carbonyl (C=O) groups excluding carboxylic acids is 4. The van der Waals surface area contributed by atoms with E-state index in [1.165, 1.54) is 47.5 Å². The van der Waals surface area contributed by atoms with E-state index in [0.717, 1.165) is 108 Å². The summed E-state index contributed by atoms with van der Waals surface area (Å²) in [5.41, 5.74) is 14.9. The maximum atomic E-state index is 13.4. The fourth-order valence-corrected chi connectivity index (χ4v) is 19.5. The average molecular weight is 1950 g/mol. The van der Waals surface area contributed by atoms with Crippen LogP contribution in [0.25, 0.3) is 0 Å². The number of alkyl halides is 6. The number of fused-ring (bicyclic) bond motifs is 1. The molecule has 5 atom stereocenters. The highest BCUT2D eigenvalue weighted by Crippen LogP contribution is 2.45. The van der Waals surface area contributed by atoms with Gasteiger partial charge >= 0.3 is 12.5 Å². The van der Waals surface area contributed by atoms with E-state index in [-0.39, 0.29) is 83.4 Å². The smallest absolute Gasteiger partial charge is 0.496 e. The summed E-state index contributed by atoms with van der Waals surface area (Å²) in [5.74, 6) is 0.0435. The molecular weight excluding hydrogens is 1850 g/mol. The zero-order valence-corrected chi connectivity index (χ0v) is 79.0. The van der Waals surface area contributed by atoms with Crippen LogP contribution in [0.15, 0.2) is 267 Å². The van der Waals surface area contributed by atoms with Gasteiger partial charge in [-0.1, -0.05) is 244 Å². The number of piperazine rings is 4. The zero-order chi connectivity index (χ0) is 93.8. The van der Waals surface area contributed by atoms with Crippen molar-refractivity contribution in [1.29, 1.82) is 0 Å². The van der Waals surface area contributed by atoms with Crippen LogP contribution in [0.1, 0.15) is 108 Å². The average Bonchev–Trinajstić information content (AvgIpc) is 0.762. The normalized spacial score (nSPS) is 17.3. The van der Waals surface area contributed by atoms with Crippen LogP contribution in [-0.2, 0) is 51.0 Å². The lowest BCUT2D eigenvalue weighted by Crippen LogP contribution is -2.52. The molecule has 4 heterocycles. The van der Waals surface area contributed by atoms with Crippen molar-refractivity contribution in [2.45, 2.75) is 96.0 Å². The van der Waals surface area contributed by atoms with Crippen molar-refractivity contribution in [2.75, 3.05) is 105 Å². The zero-order valence-electron chi connectivity index (χ0n) is 72.9. The molecule has 0 bridgehead atoms. The fourth-order valence-electron chi connectivity index (χ4n) is 17.6. The Morgan fingerprint density at radius 1 is 0.341 bits per heavy atom. The standard InChI is InChI=1S/C26H23Cl2F3N2O2.C26H23Cl2F3N2O.C26H26Cl2N2O2.C26H24Cl2N2O/c1-17-6-11-22(21(28)14-17)33-13-12-32(16-23(33)18-7-9-20(27)10-8-18)25(34)15-19-4-2-3-5-24(19)35-26(29,30)31;1-17-6-11-23(22(28)14-17)33-13-12-32(16-24(33)18-7-9-20(27)10-8-18)25(34)15-19-4-2-3-5-21(19)26(29,30)31;1-18-7-12-23(22(28)15-18)30-14-13-29(17-24(30)19-8-10-21(27)11-9-19)26(31)16-20-5-3-4-6-25(20)32-2;1-17-6-11-24(23(28)14-17)30-13-12-29(16-25(30)18-7-9-20(27)10-8-18)26(31)22-15-19-4-2-3-5-21(19)22/h2-11,14,23H,12-13,15-16H2,1H3;2-11,14,24H,12-13,15-16H2,1H3;3-12,15,24H,13-14,16-17H2,1-2H3;2-11,14,22,25H,12-13,15-16H2,1H3. The summed E-state index contributed by atoms with van der Waals surface area (Å²) >= 11 is 50.8. The molecule has 4 aliphatic heterocycles. The third kappa shape index (κ3) is 24.2. The minimum absolute atomic E-state index is 0.0171. The van der Waals surface area contributed by atoms with Gasteiger partial charge in [-0.15, -0.1) is 13.2 Å². The number of amides is 4. The highest BCUT2D eigenvalue weighted by Gasteiger charge is 2.42. The largest absolute Gasteiger partial charge is 0.573 e. The van der Waals surface area contributed by atoms with Crippen molar-refractivity contribution in [1.82, 2.24) is 19.6 Å². The molecule has 28 heteroatoms. The number of nitrogens with zero attached hydrogens (tertiary/aromatic N) is 8. The van der Waals surface area contributed by atoms with Crippen molar-refractivity contribution < 1.29 is 55.0 Å². The third-order valence-corrected chi connectivity index (χ3v) is 26.7. The van der Waals surface area contributed by atoms with Gasteiger partial charge in [-0.25, -0.2) is 0 Å². The van der Waals surface area contributed by atoms with Gasteiger partial charge < -0.3 is 48.7 Å². The first-order valence-corrected chi connectivity index (χ1v) is 46.2. The van der Waals surface area contributed by atoms with E-state index in [2.05, 4.69) is 72.9 Å². The Hall–Kier alpha value is -10.8. The number of hydrogen-bond acceptors (Lipinski definition) is 10. The van der Waals surface area contributed by atoms with Crippen LogP contribution in [0.4, 0.5) is 49.1 Å². The summed E-state index contributed by atoms with van der Waals surface area (Å²) in [5, 5.41) is 5.27. The second-order valence-electron chi connectivity index (χ2n) is 33.3. The first-order chi connectivity index (χ1) is 63.2. The molecule has 5 aliphatic rings. The molecule has 0 saturated carbocycles. The Balaban J connectivity index is 0.000000142. The van der Waals surface area contributed by atoms with Crippen molar-refractivity contribution in [3.63, 3.8) is 0 Å². The first-order valence-electron chi connectivity index (χ1n) is 43.1. The monoisotopic (exact) mass is 1950 g/mol. The fraction of sp³-hybridized carbons (Fsp3) is 0.269. The van der Waals surface area contributed by atoms with Gasteiger partial charge in [-0.3, -0.25) is 19.2 Å². The van der Waals surface area contributed by atoms with E-state index < -0.39 is 18.1 Å². The van der Waals surface area contributed by atoms with Crippen molar-refractivity contribution in [2.24, 2.45) is 0 Å². The number of anilines is 4. The van der Waals surface area contributed by atoms with Crippen molar-refractivity contribution in [3.8, 4) is 11.5 Å². The molecule has 1 aliphatic carbocycles. The van der Waals surface area contributed by atoms with E-state index in [0.29, 0.717) is 109 Å². The van der Waals surface area contributed by atoms with Crippen LogP contribution >= 0.6 is 92.8 Å². The van der Waals surface area contributed by atoms with Gasteiger partial charge in [0.15, 0.2) is 0 Å². The van der Waals surface area contributed by atoms with Crippen molar-refractivity contribution in [3.05, 3.63) is 385 Å². The molecule has 4 amide bonds. The van der Waals surface area contributed by atoms with E-state index >= 15 is 0 Å². The summed E-state index contributed by atoms with van der Waals surface area (Å²) in [6.07, 6.45) is -8.71. The predicted molar refractivity (Wildman–Crippen MR) is 519 cm³/mol. The van der Waals surface area contributed by atoms with E-state index in [1.807, 2.05) is 183 Å². The van der Waals surface area contributed by atoms with Crippen LogP contribution in [-0.4, -0.2) is 135 Å². The van der Waals surface area contributed by atoms with Crippen LogP contribution in [0, 0.1) is 27.7 Å². The number of methoxy groups -OCH3 is 1. The Kier molecular flexibility index (Phi) is 32.0. The Morgan fingerprint density at radius 2 is 0.636 bits per heavy atom. The van der Waals surface area contributed by atoms with Gasteiger partial charge in [0.25, 0.3) is 0 Å². The highest BCUT2D eigenvalue weighted by molar-refractivity contribution is 6.35. The summed E-state index contributed by atoms with van der Waals surface area (Å²) in [6.45, 7) is 14.3. The molecule has 5 unspecified atom stereocenters. The molecule has 12 aromatic rings. The highest BCUT2D eigenvalue weighted by atomic mass is 35.5. The minimum atomic E-state index is -4.84. The van der Waals surface area contributed by atoms with E-state index in [9.17, 15) is 45.5 Å². The molecule has 4 fully saturated rings. The number of ether oxygens (including phenoxy) is 2. The van der Waals surface area contributed by atoms with Crippen LogP contribution in [0.5, 0.6) is 11.5 Å². The molecule has 686 valence electrons.